The fourth-order valence-electron chi connectivity index (χ4n) is 2.26. The number of nitrogens with zero attached hydrogens (tertiary/aromatic N) is 2. The zero-order valence-electron chi connectivity index (χ0n) is 16.6. The number of carbonyl (C=O) groups excluding carboxylic acids is 2. The highest BCUT2D eigenvalue weighted by Crippen LogP contribution is 2.35. The summed E-state index contributed by atoms with van der Waals surface area (Å²) in [5, 5.41) is -0.514. The van der Waals surface area contributed by atoms with E-state index in [0.717, 1.165) is 24.4 Å². The number of hydrogen-bond acceptors (Lipinski definition) is 6. The Morgan fingerprint density at radius 1 is 0.875 bits per heavy atom. The third-order valence-electron chi connectivity index (χ3n) is 3.53. The molecule has 0 radical (unpaired) electrons. The maximum atomic E-state index is 13.0. The van der Waals surface area contributed by atoms with Gasteiger partial charge in [0.15, 0.2) is 5.92 Å². The van der Waals surface area contributed by atoms with Crippen molar-refractivity contribution in [3.05, 3.63) is 58.6 Å². The predicted molar refractivity (Wildman–Crippen MR) is 99.5 cm³/mol. The Morgan fingerprint density at radius 2 is 1.31 bits per heavy atom. The Labute approximate surface area is 183 Å². The van der Waals surface area contributed by atoms with Crippen molar-refractivity contribution in [3.8, 4) is 0 Å². The number of carbonyl (C=O) groups is 2. The molecule has 0 aliphatic heterocycles. The zero-order chi connectivity index (χ0) is 24.5. The molecular formula is C19H17ClF6N2O4. The van der Waals surface area contributed by atoms with Crippen molar-refractivity contribution in [1.82, 2.24) is 9.97 Å². The van der Waals surface area contributed by atoms with Gasteiger partial charge in [0, 0.05) is 12.4 Å². The van der Waals surface area contributed by atoms with E-state index in [-0.39, 0.29) is 13.2 Å². The predicted octanol–water partition coefficient (Wildman–Crippen LogP) is 5.06. The first-order valence-corrected chi connectivity index (χ1v) is 9.25. The van der Waals surface area contributed by atoms with E-state index >= 15 is 0 Å². The van der Waals surface area contributed by atoms with Crippen LogP contribution in [-0.2, 0) is 31.4 Å². The van der Waals surface area contributed by atoms with Crippen molar-refractivity contribution in [3.63, 3.8) is 0 Å². The minimum Gasteiger partial charge on any atom is -0.465 e. The molecule has 0 saturated carbocycles. The van der Waals surface area contributed by atoms with Gasteiger partial charge >= 0.3 is 24.3 Å². The van der Waals surface area contributed by atoms with Crippen LogP contribution in [0.15, 0.2) is 36.7 Å². The second kappa shape index (κ2) is 11.7. The van der Waals surface area contributed by atoms with Crippen LogP contribution < -0.4 is 0 Å². The van der Waals surface area contributed by atoms with Crippen LogP contribution in [-0.4, -0.2) is 35.1 Å². The first-order valence-electron chi connectivity index (χ1n) is 8.87. The van der Waals surface area contributed by atoms with E-state index in [1.54, 1.807) is 0 Å². The molecule has 0 unspecified atom stereocenters. The standard InChI is InChI=1S/C13H14F3NO4.C6H3ClF3N/c1-3-20-11(18)9(12(19)21-4-2)10-8(13(14,15)16)6-5-7-17-10;7-5-4(6(8,9)10)2-1-3-11-5/h5-7,9H,3-4H2,1-2H3;1-3H. The maximum absolute atomic E-state index is 13.0. The van der Waals surface area contributed by atoms with Gasteiger partial charge in [0.25, 0.3) is 0 Å². The molecule has 6 nitrogen and oxygen atoms in total. The second-order valence-electron chi connectivity index (χ2n) is 5.71. The van der Waals surface area contributed by atoms with Crippen LogP contribution in [0.2, 0.25) is 5.15 Å². The van der Waals surface area contributed by atoms with Crippen molar-refractivity contribution >= 4 is 23.5 Å². The van der Waals surface area contributed by atoms with Gasteiger partial charge in [0.1, 0.15) is 5.15 Å². The number of pyridine rings is 2. The average molecular weight is 487 g/mol. The van der Waals surface area contributed by atoms with E-state index in [9.17, 15) is 35.9 Å². The molecule has 13 heteroatoms. The minimum atomic E-state index is -4.75. The van der Waals surface area contributed by atoms with Crippen molar-refractivity contribution in [2.24, 2.45) is 0 Å². The van der Waals surface area contributed by atoms with E-state index in [1.807, 2.05) is 0 Å². The average Bonchev–Trinajstić information content (AvgIpc) is 2.68. The minimum absolute atomic E-state index is 0.0804. The van der Waals surface area contributed by atoms with E-state index in [4.69, 9.17) is 11.6 Å². The SMILES string of the molecule is CCOC(=O)C(C(=O)OCC)c1ncccc1C(F)(F)F.FC(F)(F)c1cccnc1Cl. The van der Waals surface area contributed by atoms with E-state index in [1.165, 1.54) is 26.1 Å². The smallest absolute Gasteiger partial charge is 0.419 e. The summed E-state index contributed by atoms with van der Waals surface area (Å²) in [6.07, 6.45) is -6.89. The Kier molecular flexibility index (Phi) is 9.88. The molecule has 0 amide bonds. The van der Waals surface area contributed by atoms with Crippen LogP contribution in [0.4, 0.5) is 26.3 Å². The van der Waals surface area contributed by atoms with Gasteiger partial charge in [0.2, 0.25) is 0 Å². The van der Waals surface area contributed by atoms with Crippen LogP contribution in [0.1, 0.15) is 36.6 Å². The van der Waals surface area contributed by atoms with Gasteiger partial charge in [-0.15, -0.1) is 0 Å². The molecule has 0 N–H and O–H groups in total. The highest BCUT2D eigenvalue weighted by Gasteiger charge is 2.42. The summed E-state index contributed by atoms with van der Waals surface area (Å²) in [4.78, 5) is 30.4. The zero-order valence-corrected chi connectivity index (χ0v) is 17.4. The summed E-state index contributed by atoms with van der Waals surface area (Å²) in [7, 11) is 0. The molecular weight excluding hydrogens is 470 g/mol. The van der Waals surface area contributed by atoms with Gasteiger partial charge in [-0.1, -0.05) is 11.6 Å². The van der Waals surface area contributed by atoms with Gasteiger partial charge in [0.05, 0.1) is 30.0 Å². The van der Waals surface area contributed by atoms with Gasteiger partial charge in [-0.3, -0.25) is 14.6 Å². The largest absolute Gasteiger partial charge is 0.465 e. The fraction of sp³-hybridized carbons (Fsp3) is 0.368. The second-order valence-corrected chi connectivity index (χ2v) is 6.07. The van der Waals surface area contributed by atoms with Crippen LogP contribution in [0, 0.1) is 0 Å². The summed E-state index contributed by atoms with van der Waals surface area (Å²) in [6, 6.07) is 3.89. The van der Waals surface area contributed by atoms with Crippen molar-refractivity contribution in [2.45, 2.75) is 32.1 Å². The summed E-state index contributed by atoms with van der Waals surface area (Å²) >= 11 is 5.18. The quantitative estimate of drug-likeness (QED) is 0.254. The molecule has 0 aliphatic rings. The molecule has 2 heterocycles. The van der Waals surface area contributed by atoms with Gasteiger partial charge in [-0.05, 0) is 38.1 Å². The van der Waals surface area contributed by atoms with Crippen LogP contribution in [0.25, 0.3) is 0 Å². The van der Waals surface area contributed by atoms with Crippen molar-refractivity contribution in [2.75, 3.05) is 13.2 Å². The molecule has 0 fully saturated rings. The van der Waals surface area contributed by atoms with E-state index < -0.39 is 52.2 Å². The molecule has 0 saturated heterocycles. The number of aromatic nitrogens is 2. The fourth-order valence-corrected chi connectivity index (χ4v) is 2.48. The number of esters is 2. The third kappa shape index (κ3) is 7.66. The first-order chi connectivity index (χ1) is 14.8. The summed E-state index contributed by atoms with van der Waals surface area (Å²) in [5.41, 5.74) is -2.79. The molecule has 0 atom stereocenters. The lowest BCUT2D eigenvalue weighted by Crippen LogP contribution is -2.29. The van der Waals surface area contributed by atoms with E-state index in [0.29, 0.717) is 0 Å². The Bertz CT molecular complexity index is 903. The van der Waals surface area contributed by atoms with Crippen LogP contribution in [0.3, 0.4) is 0 Å². The van der Waals surface area contributed by atoms with E-state index in [2.05, 4.69) is 19.4 Å². The van der Waals surface area contributed by atoms with Crippen molar-refractivity contribution in [1.29, 1.82) is 0 Å². The Hall–Kier alpha value is -2.89. The molecule has 2 aromatic rings. The molecule has 176 valence electrons. The molecule has 32 heavy (non-hydrogen) atoms. The number of alkyl halides is 6. The lowest BCUT2D eigenvalue weighted by molar-refractivity contribution is -0.158. The number of ether oxygens (including phenoxy) is 2. The molecule has 0 spiro atoms. The summed E-state index contributed by atoms with van der Waals surface area (Å²) < 4.78 is 84.0. The van der Waals surface area contributed by atoms with Gasteiger partial charge < -0.3 is 9.47 Å². The topological polar surface area (TPSA) is 78.4 Å². The van der Waals surface area contributed by atoms with Crippen molar-refractivity contribution < 1.29 is 45.4 Å². The van der Waals surface area contributed by atoms with Gasteiger partial charge in [-0.2, -0.15) is 26.3 Å². The van der Waals surface area contributed by atoms with Crippen LogP contribution >= 0.6 is 11.6 Å². The van der Waals surface area contributed by atoms with Gasteiger partial charge in [-0.25, -0.2) is 4.98 Å². The third-order valence-corrected chi connectivity index (χ3v) is 3.83. The Balaban J connectivity index is 0.000000389. The lowest BCUT2D eigenvalue weighted by atomic mass is 9.99. The highest BCUT2D eigenvalue weighted by atomic mass is 35.5. The first kappa shape index (κ1) is 27.1. The summed E-state index contributed by atoms with van der Waals surface area (Å²) in [6.45, 7) is 2.79. The monoisotopic (exact) mass is 486 g/mol. The number of halogens is 7. The molecule has 2 aromatic heterocycles. The molecule has 0 aliphatic carbocycles. The molecule has 0 bridgehead atoms. The molecule has 2 rings (SSSR count). The lowest BCUT2D eigenvalue weighted by Gasteiger charge is -2.18. The number of rotatable bonds is 5. The maximum Gasteiger partial charge on any atom is 0.419 e. The Morgan fingerprint density at radius 3 is 1.69 bits per heavy atom. The van der Waals surface area contributed by atoms with Crippen LogP contribution in [0.5, 0.6) is 0 Å². The molecule has 0 aromatic carbocycles. The highest BCUT2D eigenvalue weighted by molar-refractivity contribution is 6.30. The normalized spacial score (nSPS) is 11.4. The summed E-state index contributed by atoms with van der Waals surface area (Å²) in [5.74, 6) is -4.11. The number of hydrogen-bond donors (Lipinski definition) is 0.